The molecule has 1 aliphatic heterocycles. The van der Waals surface area contributed by atoms with Crippen molar-refractivity contribution in [2.24, 2.45) is 0 Å². The molecule has 1 atom stereocenters. The highest BCUT2D eigenvalue weighted by Crippen LogP contribution is 2.29. The molecule has 1 unspecified atom stereocenters. The average molecular weight is 464 g/mol. The SMILES string of the molecule is CCOc1ccc(N2C(=O)CC(N(Cc3ccc(F)cc3)C(=O)c3ccc(F)cc3)C2=O)cc1. The summed E-state index contributed by atoms with van der Waals surface area (Å²) in [6.45, 7) is 2.30. The molecule has 8 heteroatoms. The van der Waals surface area contributed by atoms with Crippen LogP contribution in [0.25, 0.3) is 0 Å². The topological polar surface area (TPSA) is 66.9 Å². The van der Waals surface area contributed by atoms with Gasteiger partial charge in [-0.2, -0.15) is 0 Å². The summed E-state index contributed by atoms with van der Waals surface area (Å²) >= 11 is 0. The van der Waals surface area contributed by atoms with Gasteiger partial charge in [-0.15, -0.1) is 0 Å². The lowest BCUT2D eigenvalue weighted by Gasteiger charge is -2.28. The van der Waals surface area contributed by atoms with Crippen molar-refractivity contribution in [1.82, 2.24) is 4.90 Å². The van der Waals surface area contributed by atoms with Crippen LogP contribution < -0.4 is 9.64 Å². The molecule has 1 aliphatic rings. The third kappa shape index (κ3) is 4.80. The fraction of sp³-hybridized carbons (Fsp3) is 0.192. The predicted octanol–water partition coefficient (Wildman–Crippen LogP) is 4.34. The number of carbonyl (C=O) groups is 3. The van der Waals surface area contributed by atoms with E-state index in [1.807, 2.05) is 6.92 Å². The standard InChI is InChI=1S/C26H22F2N2O4/c1-2-34-22-13-11-21(12-14-22)30-24(31)15-23(26(30)33)29(16-17-3-7-19(27)8-4-17)25(32)18-5-9-20(28)10-6-18/h3-14,23H,2,15-16H2,1H3. The van der Waals surface area contributed by atoms with E-state index in [0.717, 1.165) is 17.0 Å². The summed E-state index contributed by atoms with van der Waals surface area (Å²) < 4.78 is 32.2. The largest absolute Gasteiger partial charge is 0.494 e. The summed E-state index contributed by atoms with van der Waals surface area (Å²) in [6.07, 6.45) is -0.208. The van der Waals surface area contributed by atoms with E-state index < -0.39 is 35.4 Å². The summed E-state index contributed by atoms with van der Waals surface area (Å²) in [6, 6.07) is 15.9. The minimum atomic E-state index is -1.07. The van der Waals surface area contributed by atoms with Crippen molar-refractivity contribution in [3.63, 3.8) is 0 Å². The number of benzene rings is 3. The number of amides is 3. The molecule has 0 spiro atoms. The molecule has 0 N–H and O–H groups in total. The van der Waals surface area contributed by atoms with E-state index in [2.05, 4.69) is 0 Å². The molecule has 0 aliphatic carbocycles. The summed E-state index contributed by atoms with van der Waals surface area (Å²) in [5.41, 5.74) is 1.12. The van der Waals surface area contributed by atoms with Gasteiger partial charge in [-0.05, 0) is 73.2 Å². The van der Waals surface area contributed by atoms with Crippen LogP contribution in [0.3, 0.4) is 0 Å². The van der Waals surface area contributed by atoms with E-state index in [4.69, 9.17) is 4.74 Å². The van der Waals surface area contributed by atoms with E-state index in [-0.39, 0.29) is 18.5 Å². The first-order valence-corrected chi connectivity index (χ1v) is 10.8. The fourth-order valence-corrected chi connectivity index (χ4v) is 3.86. The Morgan fingerprint density at radius 1 is 0.941 bits per heavy atom. The van der Waals surface area contributed by atoms with Crippen molar-refractivity contribution in [3.8, 4) is 5.75 Å². The van der Waals surface area contributed by atoms with Gasteiger partial charge in [-0.25, -0.2) is 13.7 Å². The highest BCUT2D eigenvalue weighted by Gasteiger charge is 2.44. The van der Waals surface area contributed by atoms with Crippen molar-refractivity contribution < 1.29 is 27.9 Å². The van der Waals surface area contributed by atoms with Gasteiger partial charge in [0.15, 0.2) is 0 Å². The molecule has 34 heavy (non-hydrogen) atoms. The lowest BCUT2D eigenvalue weighted by atomic mass is 10.1. The highest BCUT2D eigenvalue weighted by molar-refractivity contribution is 6.23. The van der Waals surface area contributed by atoms with Crippen molar-refractivity contribution in [3.05, 3.63) is 95.6 Å². The zero-order valence-corrected chi connectivity index (χ0v) is 18.4. The van der Waals surface area contributed by atoms with Gasteiger partial charge >= 0.3 is 0 Å². The molecule has 0 radical (unpaired) electrons. The van der Waals surface area contributed by atoms with E-state index in [1.165, 1.54) is 41.3 Å². The number of halogens is 2. The molecule has 1 saturated heterocycles. The molecule has 4 rings (SSSR count). The number of anilines is 1. The van der Waals surface area contributed by atoms with Crippen LogP contribution >= 0.6 is 0 Å². The number of ether oxygens (including phenoxy) is 1. The Labute approximate surface area is 195 Å². The quantitative estimate of drug-likeness (QED) is 0.488. The first-order chi connectivity index (χ1) is 16.4. The van der Waals surface area contributed by atoms with Crippen LogP contribution in [0.2, 0.25) is 0 Å². The van der Waals surface area contributed by atoms with Gasteiger partial charge < -0.3 is 9.64 Å². The number of imide groups is 1. The maximum atomic E-state index is 13.4. The molecule has 174 valence electrons. The van der Waals surface area contributed by atoms with Crippen molar-refractivity contribution in [2.75, 3.05) is 11.5 Å². The summed E-state index contributed by atoms with van der Waals surface area (Å²) in [5.74, 6) is -1.87. The first-order valence-electron chi connectivity index (χ1n) is 10.8. The minimum Gasteiger partial charge on any atom is -0.494 e. The van der Waals surface area contributed by atoms with Gasteiger partial charge in [0.05, 0.1) is 18.7 Å². The normalized spacial score (nSPS) is 15.5. The monoisotopic (exact) mass is 464 g/mol. The van der Waals surface area contributed by atoms with Gasteiger partial charge in [0.1, 0.15) is 23.4 Å². The van der Waals surface area contributed by atoms with Gasteiger partial charge in [0.25, 0.3) is 11.8 Å². The summed E-state index contributed by atoms with van der Waals surface area (Å²) in [7, 11) is 0. The summed E-state index contributed by atoms with van der Waals surface area (Å²) in [4.78, 5) is 41.9. The molecule has 0 bridgehead atoms. The molecule has 0 saturated carbocycles. The average Bonchev–Trinajstić information content (AvgIpc) is 3.13. The zero-order valence-electron chi connectivity index (χ0n) is 18.4. The summed E-state index contributed by atoms with van der Waals surface area (Å²) in [5, 5.41) is 0. The Bertz CT molecular complexity index is 1190. The second kappa shape index (κ2) is 9.82. The smallest absolute Gasteiger partial charge is 0.257 e. The molecule has 0 aromatic heterocycles. The molecule has 3 aromatic rings. The van der Waals surface area contributed by atoms with E-state index in [9.17, 15) is 23.2 Å². The van der Waals surface area contributed by atoms with Gasteiger partial charge in [0.2, 0.25) is 5.91 Å². The Hall–Kier alpha value is -4.07. The molecular weight excluding hydrogens is 442 g/mol. The minimum absolute atomic E-state index is 0.0305. The molecule has 1 heterocycles. The second-order valence-corrected chi connectivity index (χ2v) is 7.78. The van der Waals surface area contributed by atoms with Gasteiger partial charge in [-0.1, -0.05) is 12.1 Å². The number of rotatable bonds is 7. The van der Waals surface area contributed by atoms with Crippen LogP contribution in [-0.4, -0.2) is 35.3 Å². The van der Waals surface area contributed by atoms with Crippen LogP contribution in [0.5, 0.6) is 5.75 Å². The van der Waals surface area contributed by atoms with Crippen LogP contribution in [0, 0.1) is 11.6 Å². The molecule has 3 amide bonds. The van der Waals surface area contributed by atoms with Crippen molar-refractivity contribution >= 4 is 23.4 Å². The molecule has 3 aromatic carbocycles. The molecule has 1 fully saturated rings. The van der Waals surface area contributed by atoms with E-state index >= 15 is 0 Å². The number of nitrogens with zero attached hydrogens (tertiary/aromatic N) is 2. The lowest BCUT2D eigenvalue weighted by molar-refractivity contribution is -0.122. The Balaban J connectivity index is 1.65. The van der Waals surface area contributed by atoms with Crippen molar-refractivity contribution in [2.45, 2.75) is 25.9 Å². The third-order valence-corrected chi connectivity index (χ3v) is 5.52. The van der Waals surface area contributed by atoms with Crippen LogP contribution in [-0.2, 0) is 16.1 Å². The third-order valence-electron chi connectivity index (χ3n) is 5.52. The number of carbonyl (C=O) groups excluding carboxylic acids is 3. The van der Waals surface area contributed by atoms with Crippen LogP contribution in [0.1, 0.15) is 29.3 Å². The van der Waals surface area contributed by atoms with Crippen LogP contribution in [0.15, 0.2) is 72.8 Å². The maximum Gasteiger partial charge on any atom is 0.257 e. The predicted molar refractivity (Wildman–Crippen MR) is 121 cm³/mol. The Kier molecular flexibility index (Phi) is 6.67. The van der Waals surface area contributed by atoms with Crippen LogP contribution in [0.4, 0.5) is 14.5 Å². The maximum absolute atomic E-state index is 13.4. The first kappa shape index (κ1) is 23.1. The highest BCUT2D eigenvalue weighted by atomic mass is 19.1. The van der Waals surface area contributed by atoms with Gasteiger partial charge in [0, 0.05) is 12.1 Å². The zero-order chi connectivity index (χ0) is 24.2. The fourth-order valence-electron chi connectivity index (χ4n) is 3.86. The van der Waals surface area contributed by atoms with E-state index in [1.54, 1.807) is 24.3 Å². The molecular formula is C26H22F2N2O4. The Morgan fingerprint density at radius 3 is 2.12 bits per heavy atom. The second-order valence-electron chi connectivity index (χ2n) is 7.78. The Morgan fingerprint density at radius 2 is 1.53 bits per heavy atom. The number of hydrogen-bond acceptors (Lipinski definition) is 4. The molecule has 6 nitrogen and oxygen atoms in total. The van der Waals surface area contributed by atoms with Crippen molar-refractivity contribution in [1.29, 1.82) is 0 Å². The number of hydrogen-bond donors (Lipinski definition) is 0. The van der Waals surface area contributed by atoms with Gasteiger partial charge in [-0.3, -0.25) is 14.4 Å². The van der Waals surface area contributed by atoms with E-state index in [0.29, 0.717) is 23.6 Å². The lowest BCUT2D eigenvalue weighted by Crippen LogP contribution is -2.45.